The van der Waals surface area contributed by atoms with Crippen LogP contribution in [0.3, 0.4) is 0 Å². The van der Waals surface area contributed by atoms with Gasteiger partial charge in [-0.1, -0.05) is 13.8 Å². The second-order valence-electron chi connectivity index (χ2n) is 5.24. The number of nitrogens with two attached hydrogens (primary N) is 1. The van der Waals surface area contributed by atoms with Crippen molar-refractivity contribution in [3.05, 3.63) is 17.7 Å². The molecule has 0 saturated heterocycles. The van der Waals surface area contributed by atoms with Gasteiger partial charge >= 0.3 is 0 Å². The van der Waals surface area contributed by atoms with Gasteiger partial charge in [-0.05, 0) is 30.5 Å². The quantitative estimate of drug-likeness (QED) is 0.372. The van der Waals surface area contributed by atoms with Crippen LogP contribution in [-0.4, -0.2) is 33.3 Å². The zero-order valence-corrected chi connectivity index (χ0v) is 16.8. The van der Waals surface area contributed by atoms with Crippen molar-refractivity contribution >= 4 is 29.9 Å². The SMILES string of the molecule is CCOc1c(OC)cc(CN=C(N)NCC(C)C)cc1OC.I. The fraction of sp³-hybridized carbons (Fsp3) is 0.562. The first-order valence-corrected chi connectivity index (χ1v) is 7.43. The summed E-state index contributed by atoms with van der Waals surface area (Å²) >= 11 is 0. The molecule has 1 aromatic carbocycles. The Balaban J connectivity index is 0.00000484. The summed E-state index contributed by atoms with van der Waals surface area (Å²) in [5.74, 6) is 2.80. The number of halogens is 1. The molecule has 0 amide bonds. The van der Waals surface area contributed by atoms with Gasteiger partial charge in [0, 0.05) is 6.54 Å². The summed E-state index contributed by atoms with van der Waals surface area (Å²) in [7, 11) is 3.20. The van der Waals surface area contributed by atoms with Gasteiger partial charge in [-0.2, -0.15) is 0 Å². The molecule has 0 saturated carbocycles. The Morgan fingerprint density at radius 2 is 1.78 bits per heavy atom. The largest absolute Gasteiger partial charge is 0.493 e. The summed E-state index contributed by atoms with van der Waals surface area (Å²) in [6.07, 6.45) is 0. The number of methoxy groups -OCH3 is 2. The van der Waals surface area contributed by atoms with Crippen LogP contribution in [0.2, 0.25) is 0 Å². The summed E-state index contributed by atoms with van der Waals surface area (Å²) in [4.78, 5) is 4.32. The number of hydrogen-bond acceptors (Lipinski definition) is 4. The Bertz CT molecular complexity index is 482. The van der Waals surface area contributed by atoms with E-state index in [0.29, 0.717) is 42.3 Å². The molecule has 0 aliphatic carbocycles. The Morgan fingerprint density at radius 1 is 1.22 bits per heavy atom. The maximum atomic E-state index is 5.84. The molecule has 0 bridgehead atoms. The number of hydrogen-bond donors (Lipinski definition) is 2. The van der Waals surface area contributed by atoms with E-state index < -0.39 is 0 Å². The van der Waals surface area contributed by atoms with Crippen LogP contribution in [0, 0.1) is 5.92 Å². The highest BCUT2D eigenvalue weighted by molar-refractivity contribution is 14.0. The maximum absolute atomic E-state index is 5.84. The molecule has 1 rings (SSSR count). The molecule has 0 heterocycles. The number of nitrogens with zero attached hydrogens (tertiary/aromatic N) is 1. The van der Waals surface area contributed by atoms with E-state index in [1.165, 1.54) is 0 Å². The Labute approximate surface area is 155 Å². The molecule has 0 radical (unpaired) electrons. The molecule has 0 aliphatic rings. The van der Waals surface area contributed by atoms with E-state index in [1.807, 2.05) is 19.1 Å². The fourth-order valence-corrected chi connectivity index (χ4v) is 1.85. The maximum Gasteiger partial charge on any atom is 0.203 e. The first-order chi connectivity index (χ1) is 10.5. The Kier molecular flexibility index (Phi) is 10.5. The van der Waals surface area contributed by atoms with Crippen LogP contribution in [0.25, 0.3) is 0 Å². The van der Waals surface area contributed by atoms with Crippen LogP contribution in [0.4, 0.5) is 0 Å². The number of rotatable bonds is 8. The van der Waals surface area contributed by atoms with Crippen molar-refractivity contribution in [1.82, 2.24) is 5.32 Å². The molecule has 23 heavy (non-hydrogen) atoms. The molecule has 1 aromatic rings. The van der Waals surface area contributed by atoms with Crippen LogP contribution in [0.15, 0.2) is 17.1 Å². The summed E-state index contributed by atoms with van der Waals surface area (Å²) < 4.78 is 16.3. The zero-order chi connectivity index (χ0) is 16.5. The zero-order valence-electron chi connectivity index (χ0n) is 14.5. The number of nitrogens with one attached hydrogen (secondary N) is 1. The third-order valence-corrected chi connectivity index (χ3v) is 2.93. The predicted octanol–water partition coefficient (Wildman–Crippen LogP) is 2.78. The van der Waals surface area contributed by atoms with Crippen molar-refractivity contribution in [2.24, 2.45) is 16.6 Å². The highest BCUT2D eigenvalue weighted by Crippen LogP contribution is 2.38. The molecule has 132 valence electrons. The van der Waals surface area contributed by atoms with E-state index in [-0.39, 0.29) is 24.0 Å². The van der Waals surface area contributed by atoms with Crippen molar-refractivity contribution < 1.29 is 14.2 Å². The normalized spacial score (nSPS) is 11.0. The van der Waals surface area contributed by atoms with E-state index in [0.717, 1.165) is 12.1 Å². The average Bonchev–Trinajstić information content (AvgIpc) is 2.51. The lowest BCUT2D eigenvalue weighted by atomic mass is 10.2. The third kappa shape index (κ3) is 7.15. The summed E-state index contributed by atoms with van der Waals surface area (Å²) in [5.41, 5.74) is 6.78. The second-order valence-corrected chi connectivity index (χ2v) is 5.24. The lowest BCUT2D eigenvalue weighted by molar-refractivity contribution is 0.288. The molecule has 7 heteroatoms. The van der Waals surface area contributed by atoms with Crippen molar-refractivity contribution in [2.45, 2.75) is 27.3 Å². The van der Waals surface area contributed by atoms with Gasteiger partial charge in [0.1, 0.15) is 0 Å². The standard InChI is InChI=1S/C16H27N3O3.HI/c1-6-22-15-13(20-4)7-12(8-14(15)21-5)10-19-16(17)18-9-11(2)3;/h7-8,11H,6,9-10H2,1-5H3,(H3,17,18,19);1H. The van der Waals surface area contributed by atoms with Gasteiger partial charge in [0.25, 0.3) is 0 Å². The van der Waals surface area contributed by atoms with E-state index in [4.69, 9.17) is 19.9 Å². The van der Waals surface area contributed by atoms with Crippen molar-refractivity contribution in [3.63, 3.8) is 0 Å². The number of ether oxygens (including phenoxy) is 3. The molecule has 0 aliphatic heterocycles. The molecule has 0 aromatic heterocycles. The van der Waals surface area contributed by atoms with Crippen molar-refractivity contribution in [1.29, 1.82) is 0 Å². The third-order valence-electron chi connectivity index (χ3n) is 2.93. The number of guanidine groups is 1. The molecule has 0 fully saturated rings. The van der Waals surface area contributed by atoms with Crippen molar-refractivity contribution in [2.75, 3.05) is 27.4 Å². The van der Waals surface area contributed by atoms with Gasteiger partial charge in [-0.25, -0.2) is 4.99 Å². The van der Waals surface area contributed by atoms with Crippen LogP contribution < -0.4 is 25.3 Å². The average molecular weight is 437 g/mol. The predicted molar refractivity (Wildman–Crippen MR) is 104 cm³/mol. The number of benzene rings is 1. The molecular formula is C16H28IN3O3. The minimum absolute atomic E-state index is 0. The highest BCUT2D eigenvalue weighted by atomic mass is 127. The van der Waals surface area contributed by atoms with Crippen LogP contribution >= 0.6 is 24.0 Å². The van der Waals surface area contributed by atoms with Crippen LogP contribution in [0.5, 0.6) is 17.2 Å². The lowest BCUT2D eigenvalue weighted by Crippen LogP contribution is -2.34. The lowest BCUT2D eigenvalue weighted by Gasteiger charge is -2.15. The van der Waals surface area contributed by atoms with Gasteiger partial charge in [0.15, 0.2) is 17.5 Å². The van der Waals surface area contributed by atoms with E-state index in [9.17, 15) is 0 Å². The van der Waals surface area contributed by atoms with Crippen molar-refractivity contribution in [3.8, 4) is 17.2 Å². The Hall–Kier alpha value is -1.38. The summed E-state index contributed by atoms with van der Waals surface area (Å²) in [6.45, 7) is 7.92. The second kappa shape index (κ2) is 11.2. The fourth-order valence-electron chi connectivity index (χ4n) is 1.85. The molecule has 0 unspecified atom stereocenters. The van der Waals surface area contributed by atoms with E-state index in [1.54, 1.807) is 14.2 Å². The molecule has 0 atom stereocenters. The topological polar surface area (TPSA) is 78.1 Å². The first kappa shape index (κ1) is 21.6. The minimum Gasteiger partial charge on any atom is -0.493 e. The van der Waals surface area contributed by atoms with Gasteiger partial charge in [0.2, 0.25) is 5.75 Å². The van der Waals surface area contributed by atoms with Crippen LogP contribution in [0.1, 0.15) is 26.3 Å². The minimum atomic E-state index is 0. The van der Waals surface area contributed by atoms with Crippen LogP contribution in [-0.2, 0) is 6.54 Å². The molecular weight excluding hydrogens is 409 g/mol. The Morgan fingerprint density at radius 3 is 2.22 bits per heavy atom. The van der Waals surface area contributed by atoms with Gasteiger partial charge < -0.3 is 25.3 Å². The highest BCUT2D eigenvalue weighted by Gasteiger charge is 2.13. The van der Waals surface area contributed by atoms with Gasteiger partial charge in [-0.15, -0.1) is 24.0 Å². The monoisotopic (exact) mass is 437 g/mol. The van der Waals surface area contributed by atoms with E-state index >= 15 is 0 Å². The smallest absolute Gasteiger partial charge is 0.203 e. The van der Waals surface area contributed by atoms with E-state index in [2.05, 4.69) is 24.2 Å². The summed E-state index contributed by atoms with van der Waals surface area (Å²) in [6, 6.07) is 3.76. The first-order valence-electron chi connectivity index (χ1n) is 7.43. The molecule has 6 nitrogen and oxygen atoms in total. The molecule has 3 N–H and O–H groups in total. The van der Waals surface area contributed by atoms with Gasteiger partial charge in [0.05, 0.1) is 27.4 Å². The number of aliphatic imine (C=N–C) groups is 1. The summed E-state index contributed by atoms with van der Waals surface area (Å²) in [5, 5.41) is 3.08. The molecule has 0 spiro atoms. The van der Waals surface area contributed by atoms with Gasteiger partial charge in [-0.3, -0.25) is 0 Å².